The summed E-state index contributed by atoms with van der Waals surface area (Å²) in [5.41, 5.74) is 1.01. The fourth-order valence-corrected chi connectivity index (χ4v) is 3.55. The zero-order valence-electron chi connectivity index (χ0n) is 14.5. The summed E-state index contributed by atoms with van der Waals surface area (Å²) in [6.45, 7) is 0.933. The predicted octanol–water partition coefficient (Wildman–Crippen LogP) is 1.53. The van der Waals surface area contributed by atoms with Crippen LogP contribution < -0.4 is 15.5 Å². The van der Waals surface area contributed by atoms with Crippen LogP contribution in [0.4, 0.5) is 9.18 Å². The highest BCUT2D eigenvalue weighted by atomic mass is 19.1. The number of rotatable bonds is 6. The first-order valence-electron chi connectivity index (χ1n) is 9.29. The Morgan fingerprint density at radius 2 is 1.72 bits per heavy atom. The normalized spacial score (nSPS) is 19.2. The van der Waals surface area contributed by atoms with Crippen LogP contribution in [0, 0.1) is 5.82 Å². The molecule has 0 heterocycles. The number of hydrogen-bond donors (Lipinski definition) is 3. The summed E-state index contributed by atoms with van der Waals surface area (Å²) in [6, 6.07) is 6.71. The van der Waals surface area contributed by atoms with Crippen molar-refractivity contribution < 1.29 is 18.9 Å². The Balaban J connectivity index is 1.59. The van der Waals surface area contributed by atoms with Crippen LogP contribution >= 0.6 is 0 Å². The molecule has 2 aliphatic carbocycles. The standard InChI is InChI=1S/C19H26FN3O2/c20-15-8-6-14(7-9-15)12-23(17-4-2-1-3-5-17)13-18(24)22-19(25)21-16-10-11-16/h6-9,16-17H,1-5,10-13H2,(H2,21,22,24,25)/p+1. The van der Waals surface area contributed by atoms with E-state index in [4.69, 9.17) is 0 Å². The van der Waals surface area contributed by atoms with E-state index in [1.165, 1.54) is 31.4 Å². The van der Waals surface area contributed by atoms with Crippen molar-refractivity contribution in [3.05, 3.63) is 35.6 Å². The van der Waals surface area contributed by atoms with Crippen molar-refractivity contribution in [2.24, 2.45) is 0 Å². The molecular weight excluding hydrogens is 321 g/mol. The first-order valence-corrected chi connectivity index (χ1v) is 9.29. The number of urea groups is 1. The average Bonchev–Trinajstić information content (AvgIpc) is 3.40. The van der Waals surface area contributed by atoms with E-state index in [-0.39, 0.29) is 24.3 Å². The minimum atomic E-state index is -0.391. The Kier molecular flexibility index (Phi) is 6.02. The summed E-state index contributed by atoms with van der Waals surface area (Å²) in [6.07, 6.45) is 7.78. The van der Waals surface area contributed by atoms with E-state index in [9.17, 15) is 14.0 Å². The highest BCUT2D eigenvalue weighted by Gasteiger charge is 2.28. The molecule has 2 aliphatic rings. The van der Waals surface area contributed by atoms with Crippen LogP contribution in [0.25, 0.3) is 0 Å². The molecule has 6 heteroatoms. The molecule has 0 saturated heterocycles. The molecule has 0 spiro atoms. The largest absolute Gasteiger partial charge is 0.335 e. The van der Waals surface area contributed by atoms with Gasteiger partial charge in [0.05, 0.1) is 6.04 Å². The van der Waals surface area contributed by atoms with Crippen LogP contribution in [-0.2, 0) is 11.3 Å². The quantitative estimate of drug-likeness (QED) is 0.730. The number of halogens is 1. The number of nitrogens with one attached hydrogen (secondary N) is 3. The van der Waals surface area contributed by atoms with Crippen molar-refractivity contribution in [1.82, 2.24) is 10.6 Å². The molecule has 1 unspecified atom stereocenters. The fraction of sp³-hybridized carbons (Fsp3) is 0.579. The smallest absolute Gasteiger partial charge is 0.321 e. The predicted molar refractivity (Wildman–Crippen MR) is 92.5 cm³/mol. The van der Waals surface area contributed by atoms with Crippen molar-refractivity contribution >= 4 is 11.9 Å². The lowest BCUT2D eigenvalue weighted by atomic mass is 9.93. The number of benzene rings is 1. The maximum atomic E-state index is 13.1. The summed E-state index contributed by atoms with van der Waals surface area (Å²) >= 11 is 0. The highest BCUT2D eigenvalue weighted by Crippen LogP contribution is 2.18. The van der Waals surface area contributed by atoms with Gasteiger partial charge in [0.1, 0.15) is 12.4 Å². The van der Waals surface area contributed by atoms with Crippen LogP contribution in [0.1, 0.15) is 50.5 Å². The van der Waals surface area contributed by atoms with Crippen molar-refractivity contribution in [3.63, 3.8) is 0 Å². The summed E-state index contributed by atoms with van der Waals surface area (Å²) in [5, 5.41) is 5.22. The van der Waals surface area contributed by atoms with Crippen molar-refractivity contribution in [2.45, 2.75) is 63.6 Å². The first kappa shape index (κ1) is 17.9. The van der Waals surface area contributed by atoms with Gasteiger partial charge in [0, 0.05) is 11.6 Å². The molecule has 0 aromatic heterocycles. The maximum absolute atomic E-state index is 13.1. The summed E-state index contributed by atoms with van der Waals surface area (Å²) in [5.74, 6) is -0.502. The third-order valence-electron chi connectivity index (χ3n) is 5.08. The van der Waals surface area contributed by atoms with Gasteiger partial charge in [0.25, 0.3) is 5.91 Å². The van der Waals surface area contributed by atoms with Gasteiger partial charge in [0.15, 0.2) is 6.54 Å². The third kappa shape index (κ3) is 5.81. The van der Waals surface area contributed by atoms with Gasteiger partial charge in [-0.05, 0) is 50.7 Å². The molecule has 2 saturated carbocycles. The van der Waals surface area contributed by atoms with E-state index in [2.05, 4.69) is 10.6 Å². The molecule has 2 fully saturated rings. The van der Waals surface area contributed by atoms with Gasteiger partial charge in [-0.3, -0.25) is 10.1 Å². The van der Waals surface area contributed by atoms with E-state index < -0.39 is 6.03 Å². The zero-order chi connectivity index (χ0) is 17.6. The van der Waals surface area contributed by atoms with Crippen LogP contribution in [0.2, 0.25) is 0 Å². The van der Waals surface area contributed by atoms with Crippen LogP contribution in [0.15, 0.2) is 24.3 Å². The molecule has 5 nitrogen and oxygen atoms in total. The summed E-state index contributed by atoms with van der Waals surface area (Å²) in [7, 11) is 0. The van der Waals surface area contributed by atoms with E-state index in [0.717, 1.165) is 36.1 Å². The molecule has 3 amide bonds. The van der Waals surface area contributed by atoms with E-state index >= 15 is 0 Å². The fourth-order valence-electron chi connectivity index (χ4n) is 3.55. The van der Waals surface area contributed by atoms with Gasteiger partial charge in [-0.15, -0.1) is 0 Å². The lowest BCUT2D eigenvalue weighted by Gasteiger charge is -2.31. The van der Waals surface area contributed by atoms with E-state index in [0.29, 0.717) is 12.6 Å². The second kappa shape index (κ2) is 8.43. The van der Waals surface area contributed by atoms with Gasteiger partial charge in [0.2, 0.25) is 0 Å². The first-order chi connectivity index (χ1) is 12.1. The van der Waals surface area contributed by atoms with Gasteiger partial charge in [-0.2, -0.15) is 0 Å². The average molecular weight is 348 g/mol. The Morgan fingerprint density at radius 1 is 1.04 bits per heavy atom. The Bertz CT molecular complexity index is 595. The van der Waals surface area contributed by atoms with Gasteiger partial charge in [-0.1, -0.05) is 18.6 Å². The molecule has 1 aromatic rings. The van der Waals surface area contributed by atoms with Gasteiger partial charge >= 0.3 is 6.03 Å². The van der Waals surface area contributed by atoms with Crippen molar-refractivity contribution in [3.8, 4) is 0 Å². The molecular formula is C19H27FN3O2+. The number of carbonyl (C=O) groups excluding carboxylic acids is 2. The second-order valence-corrected chi connectivity index (χ2v) is 7.27. The van der Waals surface area contributed by atoms with Gasteiger partial charge in [-0.25, -0.2) is 9.18 Å². The van der Waals surface area contributed by atoms with E-state index in [1.54, 1.807) is 12.1 Å². The molecule has 25 heavy (non-hydrogen) atoms. The molecule has 3 N–H and O–H groups in total. The summed E-state index contributed by atoms with van der Waals surface area (Å²) in [4.78, 5) is 25.2. The lowest BCUT2D eigenvalue weighted by molar-refractivity contribution is -0.932. The van der Waals surface area contributed by atoms with Crippen molar-refractivity contribution in [1.29, 1.82) is 0 Å². The number of hydrogen-bond acceptors (Lipinski definition) is 2. The van der Waals surface area contributed by atoms with Crippen molar-refractivity contribution in [2.75, 3.05) is 6.54 Å². The lowest BCUT2D eigenvalue weighted by Crippen LogP contribution is -3.15. The number of carbonyl (C=O) groups is 2. The topological polar surface area (TPSA) is 62.6 Å². The highest BCUT2D eigenvalue weighted by molar-refractivity contribution is 5.94. The van der Waals surface area contributed by atoms with Crippen LogP contribution in [-0.4, -0.2) is 30.6 Å². The summed E-state index contributed by atoms with van der Waals surface area (Å²) < 4.78 is 13.1. The Labute approximate surface area is 148 Å². The zero-order valence-corrected chi connectivity index (χ0v) is 14.5. The minimum Gasteiger partial charge on any atom is -0.335 e. The van der Waals surface area contributed by atoms with Crippen LogP contribution in [0.5, 0.6) is 0 Å². The van der Waals surface area contributed by atoms with Crippen LogP contribution in [0.3, 0.4) is 0 Å². The second-order valence-electron chi connectivity index (χ2n) is 7.27. The Hall–Kier alpha value is -1.95. The number of quaternary nitrogens is 1. The number of amides is 3. The van der Waals surface area contributed by atoms with E-state index in [1.807, 2.05) is 0 Å². The molecule has 3 rings (SSSR count). The molecule has 1 aromatic carbocycles. The minimum absolute atomic E-state index is 0.230. The SMILES string of the molecule is O=C(C[NH+](Cc1ccc(F)cc1)C1CCCCC1)NC(=O)NC1CC1. The molecule has 0 radical (unpaired) electrons. The number of imide groups is 1. The monoisotopic (exact) mass is 348 g/mol. The molecule has 136 valence electrons. The molecule has 0 aliphatic heterocycles. The molecule has 1 atom stereocenters. The third-order valence-corrected chi connectivity index (χ3v) is 5.08. The maximum Gasteiger partial charge on any atom is 0.321 e. The van der Waals surface area contributed by atoms with Gasteiger partial charge < -0.3 is 10.2 Å². The molecule has 0 bridgehead atoms. The Morgan fingerprint density at radius 3 is 2.36 bits per heavy atom.